The molecule has 17 heavy (non-hydrogen) atoms. The maximum Gasteiger partial charge on any atom is 0.192 e. The summed E-state index contributed by atoms with van der Waals surface area (Å²) < 4.78 is 11.7. The summed E-state index contributed by atoms with van der Waals surface area (Å²) in [5.41, 5.74) is 0. The summed E-state index contributed by atoms with van der Waals surface area (Å²) in [6.07, 6.45) is 3.22. The second-order valence-corrected chi connectivity index (χ2v) is 11.0. The van der Waals surface area contributed by atoms with Gasteiger partial charge in [0.15, 0.2) is 14.1 Å². The van der Waals surface area contributed by atoms with E-state index in [9.17, 15) is 4.79 Å². The van der Waals surface area contributed by atoms with Crippen LogP contribution in [0.2, 0.25) is 18.1 Å². The lowest BCUT2D eigenvalue weighted by Gasteiger charge is -2.40. The van der Waals surface area contributed by atoms with Crippen LogP contribution in [0.4, 0.5) is 0 Å². The molecule has 0 aromatic rings. The highest BCUT2D eigenvalue weighted by atomic mass is 28.4. The molecule has 4 heteroatoms. The number of hydrogen-bond donors (Lipinski definition) is 0. The summed E-state index contributed by atoms with van der Waals surface area (Å²) in [7, 11) is -1.79. The van der Waals surface area contributed by atoms with Gasteiger partial charge in [-0.2, -0.15) is 0 Å². The van der Waals surface area contributed by atoms with Gasteiger partial charge in [0.05, 0.1) is 12.4 Å². The van der Waals surface area contributed by atoms with Gasteiger partial charge in [-0.25, -0.2) is 0 Å². The zero-order valence-electron chi connectivity index (χ0n) is 11.7. The molecule has 2 atom stereocenters. The smallest absolute Gasteiger partial charge is 0.192 e. The Labute approximate surface area is 105 Å². The zero-order chi connectivity index (χ0) is 13.3. The highest BCUT2D eigenvalue weighted by molar-refractivity contribution is 6.74. The molecule has 0 aliphatic carbocycles. The molecule has 1 unspecified atom stereocenters. The monoisotopic (exact) mass is 256 g/mol. The summed E-state index contributed by atoms with van der Waals surface area (Å²) in [5.74, 6) is 0.118. The van der Waals surface area contributed by atoms with E-state index in [0.717, 1.165) is 0 Å². The maximum absolute atomic E-state index is 11.3. The molecular weight excluding hydrogens is 232 g/mol. The van der Waals surface area contributed by atoms with E-state index in [2.05, 4.69) is 33.9 Å². The molecule has 3 nitrogen and oxygen atoms in total. The molecule has 0 aromatic heterocycles. The normalized spacial score (nSPS) is 23.4. The summed E-state index contributed by atoms with van der Waals surface area (Å²) in [6.45, 7) is 13.0. The summed E-state index contributed by atoms with van der Waals surface area (Å²) in [6, 6.07) is 0. The number of allylic oxidation sites excluding steroid dienone is 1. The van der Waals surface area contributed by atoms with Crippen molar-refractivity contribution in [1.82, 2.24) is 0 Å². The largest absolute Gasteiger partial charge is 0.495 e. The fraction of sp³-hybridized carbons (Fsp3) is 0.769. The fourth-order valence-electron chi connectivity index (χ4n) is 1.52. The van der Waals surface area contributed by atoms with Gasteiger partial charge < -0.3 is 9.16 Å². The number of carbonyl (C=O) groups is 1. The molecule has 1 rings (SSSR count). The Balaban J connectivity index is 2.63. The third-order valence-electron chi connectivity index (χ3n) is 3.72. The first-order valence-electron chi connectivity index (χ1n) is 6.16. The molecule has 0 amide bonds. The Morgan fingerprint density at radius 1 is 1.47 bits per heavy atom. The van der Waals surface area contributed by atoms with E-state index in [1.165, 1.54) is 12.3 Å². The highest BCUT2D eigenvalue weighted by Gasteiger charge is 2.40. The van der Waals surface area contributed by atoms with Crippen molar-refractivity contribution < 1.29 is 14.0 Å². The maximum atomic E-state index is 11.3. The van der Waals surface area contributed by atoms with Gasteiger partial charge in [0.25, 0.3) is 0 Å². The summed E-state index contributed by atoms with van der Waals surface area (Å²) in [4.78, 5) is 11.3. The molecule has 0 radical (unpaired) electrons. The van der Waals surface area contributed by atoms with Gasteiger partial charge >= 0.3 is 0 Å². The van der Waals surface area contributed by atoms with E-state index in [4.69, 9.17) is 9.16 Å². The van der Waals surface area contributed by atoms with Crippen LogP contribution < -0.4 is 0 Å². The van der Waals surface area contributed by atoms with Crippen LogP contribution in [0.3, 0.4) is 0 Å². The van der Waals surface area contributed by atoms with Crippen LogP contribution in [0.5, 0.6) is 0 Å². The Kier molecular flexibility index (Phi) is 4.20. The van der Waals surface area contributed by atoms with Gasteiger partial charge in [0.2, 0.25) is 0 Å². The molecule has 0 bridgehead atoms. The molecule has 98 valence electrons. The van der Waals surface area contributed by atoms with Crippen molar-refractivity contribution in [1.29, 1.82) is 0 Å². The van der Waals surface area contributed by atoms with Crippen LogP contribution in [0, 0.1) is 0 Å². The minimum atomic E-state index is -1.79. The molecular formula is C13H24O3Si. The van der Waals surface area contributed by atoms with Crippen LogP contribution in [0.25, 0.3) is 0 Å². The van der Waals surface area contributed by atoms with Gasteiger partial charge in [-0.3, -0.25) is 4.79 Å². The van der Waals surface area contributed by atoms with Crippen molar-refractivity contribution in [3.8, 4) is 0 Å². The van der Waals surface area contributed by atoms with E-state index in [0.29, 0.717) is 6.42 Å². The predicted octanol–water partition coefficient (Wildman–Crippen LogP) is 3.27. The minimum Gasteiger partial charge on any atom is -0.495 e. The molecule has 0 saturated heterocycles. The van der Waals surface area contributed by atoms with E-state index in [1.54, 1.807) is 0 Å². The van der Waals surface area contributed by atoms with Crippen molar-refractivity contribution in [2.24, 2.45) is 0 Å². The average molecular weight is 256 g/mol. The topological polar surface area (TPSA) is 35.5 Å². The number of rotatable bonds is 3. The Hall–Kier alpha value is -0.613. The molecule has 0 N–H and O–H groups in total. The second-order valence-electron chi connectivity index (χ2n) is 6.23. The van der Waals surface area contributed by atoms with Crippen molar-refractivity contribution in [2.45, 2.75) is 64.5 Å². The number of hydrogen-bond acceptors (Lipinski definition) is 3. The van der Waals surface area contributed by atoms with Crippen LogP contribution in [-0.4, -0.2) is 26.3 Å². The average Bonchev–Trinajstić information content (AvgIpc) is 2.15. The first-order valence-corrected chi connectivity index (χ1v) is 9.07. The van der Waals surface area contributed by atoms with E-state index in [-0.39, 0.29) is 23.0 Å². The van der Waals surface area contributed by atoms with E-state index in [1.807, 2.05) is 6.92 Å². The summed E-state index contributed by atoms with van der Waals surface area (Å²) >= 11 is 0. The molecule has 1 aliphatic rings. The number of ether oxygens (including phenoxy) is 1. The van der Waals surface area contributed by atoms with Crippen LogP contribution in [-0.2, 0) is 14.0 Å². The van der Waals surface area contributed by atoms with Gasteiger partial charge in [-0.15, -0.1) is 0 Å². The van der Waals surface area contributed by atoms with Crippen LogP contribution in [0.1, 0.15) is 34.1 Å². The Morgan fingerprint density at radius 3 is 2.53 bits per heavy atom. The molecule has 0 spiro atoms. The van der Waals surface area contributed by atoms with Crippen molar-refractivity contribution in [3.05, 3.63) is 12.3 Å². The molecule has 0 saturated carbocycles. The van der Waals surface area contributed by atoms with E-state index < -0.39 is 8.32 Å². The number of ketones is 1. The quantitative estimate of drug-likeness (QED) is 0.727. The van der Waals surface area contributed by atoms with E-state index >= 15 is 0 Å². The summed E-state index contributed by atoms with van der Waals surface area (Å²) in [5, 5.41) is 0.176. The lowest BCUT2D eigenvalue weighted by molar-refractivity contribution is -0.120. The predicted molar refractivity (Wildman–Crippen MR) is 71.4 cm³/mol. The first kappa shape index (κ1) is 14.4. The third-order valence-corrected chi connectivity index (χ3v) is 8.29. The standard InChI is InChI=1S/C13H24O3Si/c1-10(12-9-11(14)7-8-15-12)16-17(5,6)13(2,3)4/h7-8,10,12H,9H2,1-6H3/t10-,12?/m0/s1. The zero-order valence-corrected chi connectivity index (χ0v) is 12.7. The Bertz CT molecular complexity index is 315. The lowest BCUT2D eigenvalue weighted by Crippen LogP contribution is -2.47. The van der Waals surface area contributed by atoms with Gasteiger partial charge in [0.1, 0.15) is 6.10 Å². The molecule has 0 aromatic carbocycles. The van der Waals surface area contributed by atoms with Crippen molar-refractivity contribution in [3.63, 3.8) is 0 Å². The lowest BCUT2D eigenvalue weighted by atomic mass is 10.1. The second kappa shape index (κ2) is 4.94. The molecule has 0 fully saturated rings. The molecule has 1 aliphatic heterocycles. The minimum absolute atomic E-state index is 0.0372. The van der Waals surface area contributed by atoms with Gasteiger partial charge in [0, 0.05) is 12.5 Å². The highest BCUT2D eigenvalue weighted by Crippen LogP contribution is 2.38. The molecule has 1 heterocycles. The van der Waals surface area contributed by atoms with Crippen molar-refractivity contribution >= 4 is 14.1 Å². The Morgan fingerprint density at radius 2 is 2.06 bits per heavy atom. The number of carbonyl (C=O) groups excluding carboxylic acids is 1. The van der Waals surface area contributed by atoms with Gasteiger partial charge in [-0.05, 0) is 25.1 Å². The van der Waals surface area contributed by atoms with Gasteiger partial charge in [-0.1, -0.05) is 20.8 Å². The third kappa shape index (κ3) is 3.68. The fourth-order valence-corrected chi connectivity index (χ4v) is 2.96. The SMILES string of the molecule is C[C@H](O[Si](C)(C)C(C)(C)C)C1CC(=O)C=CO1. The van der Waals surface area contributed by atoms with Crippen LogP contribution >= 0.6 is 0 Å². The first-order chi connectivity index (χ1) is 7.63. The van der Waals surface area contributed by atoms with Crippen LogP contribution in [0.15, 0.2) is 12.3 Å². The van der Waals surface area contributed by atoms with Crippen molar-refractivity contribution in [2.75, 3.05) is 0 Å².